The average Bonchev–Trinajstić information content (AvgIpc) is 3.66. The molecule has 0 fully saturated rings. The van der Waals surface area contributed by atoms with Gasteiger partial charge in [-0.2, -0.15) is 0 Å². The van der Waals surface area contributed by atoms with Crippen molar-refractivity contribution in [3.8, 4) is 33.4 Å². The van der Waals surface area contributed by atoms with Crippen molar-refractivity contribution in [2.24, 2.45) is 0 Å². The van der Waals surface area contributed by atoms with Crippen molar-refractivity contribution in [1.29, 1.82) is 0 Å². The van der Waals surface area contributed by atoms with Gasteiger partial charge in [-0.1, -0.05) is 131 Å². The predicted molar refractivity (Wildman–Crippen MR) is 283 cm³/mol. The first-order valence-corrected chi connectivity index (χ1v) is 20.9. The number of hydrogen-bond donors (Lipinski definition) is 0. The number of benzene rings is 10. The van der Waals surface area contributed by atoms with Gasteiger partial charge in [0.1, 0.15) is 73.9 Å². The number of fused-ring (bicyclic) bond motifs is 10. The van der Waals surface area contributed by atoms with Crippen LogP contribution in [0.5, 0.6) is 0 Å². The van der Waals surface area contributed by atoms with Crippen LogP contribution in [0.25, 0.3) is 109 Å². The van der Waals surface area contributed by atoms with Gasteiger partial charge in [0.2, 0.25) is 0 Å². The molecular weight excluding hydrogens is 703 g/mol. The van der Waals surface area contributed by atoms with Gasteiger partial charge >= 0.3 is 0 Å². The minimum absolute atomic E-state index is 0.919. The molecule has 268 valence electrons. The molecule has 10 aromatic carbocycles. The topological polar surface area (TPSA) is 13.1 Å². The van der Waals surface area contributed by atoms with E-state index in [4.69, 9.17) is 4.42 Å². The van der Waals surface area contributed by atoms with E-state index in [0.29, 0.717) is 0 Å². The van der Waals surface area contributed by atoms with Crippen molar-refractivity contribution in [2.75, 3.05) is 0 Å². The first-order chi connectivity index (χ1) is 28.6. The van der Waals surface area contributed by atoms with Crippen LogP contribution in [0.2, 0.25) is 0 Å². The fourth-order valence-corrected chi connectivity index (χ4v) is 10.4. The van der Waals surface area contributed by atoms with Gasteiger partial charge < -0.3 is 4.42 Å². The molecule has 0 aliphatic carbocycles. The summed E-state index contributed by atoms with van der Waals surface area (Å²) in [5, 5.41) is 15.3. The fraction of sp³-hybridized carbons (Fsp3) is 0. The summed E-state index contributed by atoms with van der Waals surface area (Å²) in [5.41, 5.74) is 20.4. The minimum Gasteiger partial charge on any atom is -0.455 e. The fourth-order valence-electron chi connectivity index (χ4n) is 10.4. The molecule has 0 aliphatic heterocycles. The molecule has 1 heterocycles. The maximum Gasteiger partial charge on any atom is 0.143 e. The minimum atomic E-state index is 0.919. The van der Waals surface area contributed by atoms with E-state index in [1.54, 1.807) is 0 Å². The molecule has 0 N–H and O–H groups in total. The Bertz CT molecular complexity index is 3560. The summed E-state index contributed by atoms with van der Waals surface area (Å²) in [6.45, 7) is 0. The van der Waals surface area contributed by atoms with E-state index in [0.717, 1.165) is 27.3 Å². The number of rotatable bonds is 3. The molecule has 0 atom stereocenters. The zero-order valence-corrected chi connectivity index (χ0v) is 35.1. The van der Waals surface area contributed by atoms with Crippen LogP contribution >= 0.6 is 0 Å². The Balaban J connectivity index is 1.18. The third kappa shape index (κ3) is 5.16. The quantitative estimate of drug-likeness (QED) is 0.146. The van der Waals surface area contributed by atoms with E-state index in [-0.39, 0.29) is 0 Å². The monoisotopic (exact) mass is 742 g/mol. The Morgan fingerprint density at radius 3 is 1.36 bits per heavy atom. The van der Waals surface area contributed by atoms with E-state index in [2.05, 4.69) is 196 Å². The first-order valence-electron chi connectivity index (χ1n) is 20.9. The molecular formula is C50H38B8O. The number of furan rings is 1. The lowest BCUT2D eigenvalue weighted by Crippen LogP contribution is -2.50. The largest absolute Gasteiger partial charge is 0.455 e. The summed E-state index contributed by atoms with van der Waals surface area (Å²) in [6.07, 6.45) is 0. The maximum atomic E-state index is 6.47. The third-order valence-corrected chi connectivity index (χ3v) is 14.3. The molecule has 1 nitrogen and oxygen atoms in total. The van der Waals surface area contributed by atoms with Gasteiger partial charge in [-0.05, 0) is 106 Å². The smallest absolute Gasteiger partial charge is 0.143 e. The Kier molecular flexibility index (Phi) is 8.02. The molecule has 0 saturated heterocycles. The third-order valence-electron chi connectivity index (χ3n) is 14.3. The SMILES string of the molecule is Bc1c(B)c(B)c2c(-c3ccc4c(ccc5ccccc54)c3)c3c(B)c(B)c(B)c(B)c3c(-c3ccc(-c4ccc5oc6c7ccccc7ccc6c5c4)cc3)c2c1B. The van der Waals surface area contributed by atoms with Crippen LogP contribution in [0.4, 0.5) is 0 Å². The lowest BCUT2D eigenvalue weighted by atomic mass is 9.59. The molecule has 0 aliphatic rings. The Hall–Kier alpha value is -6.18. The van der Waals surface area contributed by atoms with E-state index in [9.17, 15) is 0 Å². The Morgan fingerprint density at radius 1 is 0.288 bits per heavy atom. The van der Waals surface area contributed by atoms with Gasteiger partial charge in [0.25, 0.3) is 0 Å². The van der Waals surface area contributed by atoms with Gasteiger partial charge in [-0.3, -0.25) is 0 Å². The second-order valence-electron chi connectivity index (χ2n) is 17.0. The van der Waals surface area contributed by atoms with Gasteiger partial charge in [-0.15, -0.1) is 21.9 Å². The molecule has 11 aromatic rings. The lowest BCUT2D eigenvalue weighted by Gasteiger charge is -2.28. The van der Waals surface area contributed by atoms with Crippen molar-refractivity contribution >= 4 is 182 Å². The molecule has 0 amide bonds. The van der Waals surface area contributed by atoms with Gasteiger partial charge in [0.15, 0.2) is 0 Å². The maximum absolute atomic E-state index is 6.47. The molecule has 9 heteroatoms. The molecule has 59 heavy (non-hydrogen) atoms. The van der Waals surface area contributed by atoms with Gasteiger partial charge in [-0.25, -0.2) is 0 Å². The zero-order valence-electron chi connectivity index (χ0n) is 35.1. The molecule has 0 radical (unpaired) electrons. The summed E-state index contributed by atoms with van der Waals surface area (Å²) in [7, 11) is 18.6. The van der Waals surface area contributed by atoms with Crippen molar-refractivity contribution in [3.63, 3.8) is 0 Å². The van der Waals surface area contributed by atoms with Crippen molar-refractivity contribution in [3.05, 3.63) is 133 Å². The summed E-state index contributed by atoms with van der Waals surface area (Å²) < 4.78 is 6.47. The summed E-state index contributed by atoms with van der Waals surface area (Å²) in [6, 6.07) is 49.4. The highest BCUT2D eigenvalue weighted by molar-refractivity contribution is 6.71. The standard InChI is InChI=1S/C50H38B8O/c51-42-38-36(26-12-9-23(10-13-26)27-17-20-35-34(22-27)33-19-15-25-6-2-4-8-32(25)50(33)59-35)39-41(45(54)49(58)47(56)43(39)52)37(40(38)44(53)48(57)46(42)55)29-16-18-31-28(21-29)14-11-24-5-1-3-7-30(24)31/h1-22H,51-58H2. The van der Waals surface area contributed by atoms with Crippen LogP contribution in [0.15, 0.2) is 138 Å². The first kappa shape index (κ1) is 35.9. The van der Waals surface area contributed by atoms with Gasteiger partial charge in [0.05, 0.1) is 0 Å². The van der Waals surface area contributed by atoms with E-state index < -0.39 is 0 Å². The molecule has 0 unspecified atom stereocenters. The van der Waals surface area contributed by atoms with Crippen LogP contribution in [-0.2, 0) is 0 Å². The van der Waals surface area contributed by atoms with Crippen LogP contribution in [-0.4, -0.2) is 62.8 Å². The van der Waals surface area contributed by atoms with Gasteiger partial charge in [0, 0.05) is 16.2 Å². The van der Waals surface area contributed by atoms with E-state index >= 15 is 0 Å². The van der Waals surface area contributed by atoms with Crippen LogP contribution in [0.3, 0.4) is 0 Å². The average molecular weight is 741 g/mol. The lowest BCUT2D eigenvalue weighted by molar-refractivity contribution is 0.672. The normalized spacial score (nSPS) is 11.9. The second-order valence-corrected chi connectivity index (χ2v) is 17.0. The Labute approximate surface area is 351 Å². The summed E-state index contributed by atoms with van der Waals surface area (Å²) in [4.78, 5) is 0. The van der Waals surface area contributed by atoms with Crippen LogP contribution in [0.1, 0.15) is 0 Å². The zero-order chi connectivity index (χ0) is 40.4. The molecule has 0 bridgehead atoms. The summed E-state index contributed by atoms with van der Waals surface area (Å²) in [5.74, 6) is 0. The molecule has 0 spiro atoms. The van der Waals surface area contributed by atoms with Crippen molar-refractivity contribution < 1.29 is 4.42 Å². The highest BCUT2D eigenvalue weighted by atomic mass is 16.3. The highest BCUT2D eigenvalue weighted by Gasteiger charge is 2.25. The molecule has 1 aromatic heterocycles. The van der Waals surface area contributed by atoms with E-state index in [1.165, 1.54) is 126 Å². The second kappa shape index (κ2) is 13.2. The number of hydrogen-bond acceptors (Lipinski definition) is 1. The Morgan fingerprint density at radius 2 is 0.729 bits per heavy atom. The van der Waals surface area contributed by atoms with Crippen LogP contribution in [0, 0.1) is 0 Å². The van der Waals surface area contributed by atoms with Crippen molar-refractivity contribution in [1.82, 2.24) is 0 Å². The highest BCUT2D eigenvalue weighted by Crippen LogP contribution is 2.43. The molecule has 0 saturated carbocycles. The summed E-state index contributed by atoms with van der Waals surface area (Å²) >= 11 is 0. The molecule has 11 rings (SSSR count). The van der Waals surface area contributed by atoms with Crippen LogP contribution < -0.4 is 43.7 Å². The van der Waals surface area contributed by atoms with Crippen molar-refractivity contribution in [2.45, 2.75) is 0 Å². The predicted octanol–water partition coefficient (Wildman–Crippen LogP) is 0.420. The van der Waals surface area contributed by atoms with E-state index in [1.807, 2.05) is 0 Å².